The second-order valence-corrected chi connectivity index (χ2v) is 5.61. The number of carbonyl (C=O) groups excluding carboxylic acids is 1. The molecule has 0 aliphatic rings. The predicted octanol–water partition coefficient (Wildman–Crippen LogP) is 3.12. The maximum Gasteiger partial charge on any atom is 0.275 e. The summed E-state index contributed by atoms with van der Waals surface area (Å²) in [6.45, 7) is 6.32. The van der Waals surface area contributed by atoms with Crippen molar-refractivity contribution in [2.45, 2.75) is 26.8 Å². The van der Waals surface area contributed by atoms with Gasteiger partial charge in [0.1, 0.15) is 16.5 Å². The molecule has 2 aromatic rings. The molecule has 0 fully saturated rings. The number of ether oxygens (including phenoxy) is 1. The van der Waals surface area contributed by atoms with Gasteiger partial charge in [-0.05, 0) is 44.5 Å². The Morgan fingerprint density at radius 3 is 2.86 bits per heavy atom. The molecule has 1 amide bonds. The highest BCUT2D eigenvalue weighted by atomic mass is 32.1. The minimum Gasteiger partial charge on any atom is -0.494 e. The summed E-state index contributed by atoms with van der Waals surface area (Å²) in [5.74, 6) is 0.561. The van der Waals surface area contributed by atoms with Crippen molar-refractivity contribution in [2.75, 3.05) is 11.9 Å². The lowest BCUT2D eigenvalue weighted by Crippen LogP contribution is -2.14. The van der Waals surface area contributed by atoms with E-state index in [-0.39, 0.29) is 11.9 Å². The number of hydrogen-bond acceptors (Lipinski definition) is 5. The number of nitrogens with one attached hydrogen (secondary N) is 1. The fraction of sp³-hybridized carbons (Fsp3) is 0.333. The van der Waals surface area contributed by atoms with Gasteiger partial charge in [-0.15, -0.1) is 11.3 Å². The van der Waals surface area contributed by atoms with Crippen LogP contribution in [0.2, 0.25) is 0 Å². The Balaban J connectivity index is 2.11. The highest BCUT2D eigenvalue weighted by Gasteiger charge is 2.14. The van der Waals surface area contributed by atoms with Gasteiger partial charge >= 0.3 is 0 Å². The third kappa shape index (κ3) is 3.80. The highest BCUT2D eigenvalue weighted by Crippen LogP contribution is 2.22. The maximum absolute atomic E-state index is 12.2. The van der Waals surface area contributed by atoms with Crippen LogP contribution in [0.1, 0.15) is 40.9 Å². The SMILES string of the molecule is CCOc1ccc(NC(=O)c2csc(C(C)N)n2)c(C)c1. The van der Waals surface area contributed by atoms with Crippen molar-refractivity contribution in [1.82, 2.24) is 4.98 Å². The third-order valence-electron chi connectivity index (χ3n) is 2.90. The summed E-state index contributed by atoms with van der Waals surface area (Å²) in [5.41, 5.74) is 7.83. The van der Waals surface area contributed by atoms with Crippen LogP contribution in [0.5, 0.6) is 5.75 Å². The van der Waals surface area contributed by atoms with Gasteiger partial charge in [-0.25, -0.2) is 4.98 Å². The molecule has 1 heterocycles. The normalized spacial score (nSPS) is 12.0. The van der Waals surface area contributed by atoms with E-state index < -0.39 is 0 Å². The van der Waals surface area contributed by atoms with E-state index in [2.05, 4.69) is 10.3 Å². The molecule has 0 spiro atoms. The van der Waals surface area contributed by atoms with Gasteiger partial charge in [0.05, 0.1) is 12.6 Å². The smallest absolute Gasteiger partial charge is 0.275 e. The summed E-state index contributed by atoms with van der Waals surface area (Å²) in [4.78, 5) is 16.4. The number of thiazole rings is 1. The average Bonchev–Trinajstić information content (AvgIpc) is 2.92. The van der Waals surface area contributed by atoms with Crippen LogP contribution < -0.4 is 15.8 Å². The number of rotatable bonds is 5. The van der Waals surface area contributed by atoms with E-state index in [1.54, 1.807) is 5.38 Å². The molecular formula is C15H19N3O2S. The van der Waals surface area contributed by atoms with Crippen molar-refractivity contribution in [1.29, 1.82) is 0 Å². The van der Waals surface area contributed by atoms with E-state index in [1.165, 1.54) is 11.3 Å². The van der Waals surface area contributed by atoms with Crippen LogP contribution in [0.3, 0.4) is 0 Å². The topological polar surface area (TPSA) is 77.2 Å². The molecule has 1 aromatic carbocycles. The Morgan fingerprint density at radius 1 is 1.52 bits per heavy atom. The summed E-state index contributed by atoms with van der Waals surface area (Å²) in [7, 11) is 0. The van der Waals surface area contributed by atoms with Crippen molar-refractivity contribution < 1.29 is 9.53 Å². The zero-order chi connectivity index (χ0) is 15.4. The largest absolute Gasteiger partial charge is 0.494 e. The first-order valence-electron chi connectivity index (χ1n) is 6.77. The van der Waals surface area contributed by atoms with Crippen LogP contribution in [-0.4, -0.2) is 17.5 Å². The highest BCUT2D eigenvalue weighted by molar-refractivity contribution is 7.09. The fourth-order valence-corrected chi connectivity index (χ4v) is 2.58. The van der Waals surface area contributed by atoms with Gasteiger partial charge in [0.2, 0.25) is 0 Å². The van der Waals surface area contributed by atoms with Gasteiger partial charge in [0, 0.05) is 11.1 Å². The molecule has 0 radical (unpaired) electrons. The van der Waals surface area contributed by atoms with Crippen molar-refractivity contribution in [3.63, 3.8) is 0 Å². The average molecular weight is 305 g/mol. The van der Waals surface area contributed by atoms with Gasteiger partial charge in [0.25, 0.3) is 5.91 Å². The molecule has 0 aliphatic carbocycles. The molecule has 112 valence electrons. The zero-order valence-corrected chi connectivity index (χ0v) is 13.2. The number of anilines is 1. The molecule has 1 unspecified atom stereocenters. The number of nitrogens with zero attached hydrogens (tertiary/aromatic N) is 1. The first kappa shape index (κ1) is 15.5. The van der Waals surface area contributed by atoms with Crippen LogP contribution >= 0.6 is 11.3 Å². The standard InChI is InChI=1S/C15H19N3O2S/c1-4-20-11-5-6-12(9(2)7-11)17-14(19)13-8-21-15(18-13)10(3)16/h5-8,10H,4,16H2,1-3H3,(H,17,19). The molecule has 0 saturated heterocycles. The predicted molar refractivity (Wildman–Crippen MR) is 85.0 cm³/mol. The van der Waals surface area contributed by atoms with Crippen molar-refractivity contribution >= 4 is 22.9 Å². The van der Waals surface area contributed by atoms with Crippen LogP contribution in [0.4, 0.5) is 5.69 Å². The fourth-order valence-electron chi connectivity index (χ4n) is 1.82. The van der Waals surface area contributed by atoms with Crippen LogP contribution in [0.15, 0.2) is 23.6 Å². The molecule has 1 aromatic heterocycles. The Bertz CT molecular complexity index is 638. The minimum atomic E-state index is -0.231. The Labute approximate surface area is 128 Å². The molecule has 21 heavy (non-hydrogen) atoms. The summed E-state index contributed by atoms with van der Waals surface area (Å²) < 4.78 is 5.42. The second-order valence-electron chi connectivity index (χ2n) is 4.72. The van der Waals surface area contributed by atoms with Gasteiger partial charge in [0.15, 0.2) is 0 Å². The quantitative estimate of drug-likeness (QED) is 0.889. The number of aromatic nitrogens is 1. The summed E-state index contributed by atoms with van der Waals surface area (Å²) in [6, 6.07) is 5.40. The molecule has 3 N–H and O–H groups in total. The first-order valence-corrected chi connectivity index (χ1v) is 7.65. The second kappa shape index (κ2) is 6.69. The number of hydrogen-bond donors (Lipinski definition) is 2. The van der Waals surface area contributed by atoms with E-state index in [0.29, 0.717) is 12.3 Å². The lowest BCUT2D eigenvalue weighted by atomic mass is 10.2. The number of amides is 1. The lowest BCUT2D eigenvalue weighted by Gasteiger charge is -2.09. The number of benzene rings is 1. The van der Waals surface area contributed by atoms with E-state index >= 15 is 0 Å². The van der Waals surface area contributed by atoms with Gasteiger partial charge in [-0.1, -0.05) is 0 Å². The monoisotopic (exact) mass is 305 g/mol. The van der Waals surface area contributed by atoms with Crippen molar-refractivity contribution in [3.8, 4) is 5.75 Å². The van der Waals surface area contributed by atoms with Crippen LogP contribution in [0.25, 0.3) is 0 Å². The molecular weight excluding hydrogens is 286 g/mol. The molecule has 5 nitrogen and oxygen atoms in total. The number of aryl methyl sites for hydroxylation is 1. The van der Waals surface area contributed by atoms with E-state index in [1.807, 2.05) is 39.0 Å². The first-order chi connectivity index (χ1) is 10.0. The Hall–Kier alpha value is -1.92. The summed E-state index contributed by atoms with van der Waals surface area (Å²) in [6.07, 6.45) is 0. The van der Waals surface area contributed by atoms with E-state index in [0.717, 1.165) is 22.0 Å². The van der Waals surface area contributed by atoms with Crippen molar-refractivity contribution in [2.24, 2.45) is 5.73 Å². The van der Waals surface area contributed by atoms with Crippen LogP contribution in [-0.2, 0) is 0 Å². The number of nitrogens with two attached hydrogens (primary N) is 1. The molecule has 2 rings (SSSR count). The molecule has 0 saturated carbocycles. The summed E-state index contributed by atoms with van der Waals surface area (Å²) in [5, 5.41) is 5.33. The Morgan fingerprint density at radius 2 is 2.29 bits per heavy atom. The lowest BCUT2D eigenvalue weighted by molar-refractivity contribution is 0.102. The Kier molecular flexibility index (Phi) is 4.93. The molecule has 0 aliphatic heterocycles. The zero-order valence-electron chi connectivity index (χ0n) is 12.3. The maximum atomic E-state index is 12.2. The van der Waals surface area contributed by atoms with E-state index in [9.17, 15) is 4.79 Å². The van der Waals surface area contributed by atoms with Crippen molar-refractivity contribution in [3.05, 3.63) is 39.8 Å². The molecule has 6 heteroatoms. The molecule has 1 atom stereocenters. The van der Waals surface area contributed by atoms with Gasteiger partial charge < -0.3 is 15.8 Å². The van der Waals surface area contributed by atoms with E-state index in [4.69, 9.17) is 10.5 Å². The van der Waals surface area contributed by atoms with Gasteiger partial charge in [-0.3, -0.25) is 4.79 Å². The van der Waals surface area contributed by atoms with Crippen LogP contribution in [0, 0.1) is 6.92 Å². The third-order valence-corrected chi connectivity index (χ3v) is 3.95. The number of carbonyl (C=O) groups is 1. The minimum absolute atomic E-state index is 0.163. The molecule has 0 bridgehead atoms. The summed E-state index contributed by atoms with van der Waals surface area (Å²) >= 11 is 1.39. The van der Waals surface area contributed by atoms with Gasteiger partial charge in [-0.2, -0.15) is 0 Å².